The second kappa shape index (κ2) is 12.6. The van der Waals surface area contributed by atoms with E-state index < -0.39 is 12.7 Å². The van der Waals surface area contributed by atoms with Crippen LogP contribution in [-0.4, -0.2) is 79.6 Å². The van der Waals surface area contributed by atoms with Crippen molar-refractivity contribution in [3.8, 4) is 0 Å². The maximum absolute atomic E-state index is 13.3. The van der Waals surface area contributed by atoms with Crippen molar-refractivity contribution in [1.82, 2.24) is 14.4 Å². The van der Waals surface area contributed by atoms with E-state index in [1.807, 2.05) is 48.5 Å². The summed E-state index contributed by atoms with van der Waals surface area (Å²) in [5.74, 6) is 0. The van der Waals surface area contributed by atoms with Crippen molar-refractivity contribution in [2.45, 2.75) is 25.9 Å². The number of para-hydroxylation sites is 2. The van der Waals surface area contributed by atoms with Crippen molar-refractivity contribution in [3.05, 3.63) is 83.1 Å². The molecule has 0 amide bonds. The van der Waals surface area contributed by atoms with Gasteiger partial charge in [0.25, 0.3) is 0 Å². The molecule has 10 heteroatoms. The molecule has 0 spiro atoms. The van der Waals surface area contributed by atoms with Gasteiger partial charge in [-0.1, -0.05) is 41.9 Å². The molecule has 0 aliphatic carbocycles. The first kappa shape index (κ1) is 27.8. The quantitative estimate of drug-likeness (QED) is 0.352. The highest BCUT2D eigenvalue weighted by Gasteiger charge is 2.29. The van der Waals surface area contributed by atoms with Crippen LogP contribution < -0.4 is 9.80 Å². The van der Waals surface area contributed by atoms with Crippen molar-refractivity contribution < 1.29 is 17.9 Å². The van der Waals surface area contributed by atoms with Crippen LogP contribution in [0.25, 0.3) is 0 Å². The van der Waals surface area contributed by atoms with E-state index in [1.165, 1.54) is 10.3 Å². The monoisotopic (exact) mass is 561 g/mol. The van der Waals surface area contributed by atoms with Gasteiger partial charge in [-0.25, -0.2) is 0 Å². The zero-order valence-electron chi connectivity index (χ0n) is 22.0. The standard InChI is InChI=1S/C29H35ClF3N5O/c30-27-8-4-5-9-28(27)37-16-10-34(11-17-37)19-24-18-26(38(20-24)22-29(31,32)33)21-39-23-35-12-14-36(15-13-35)25-6-2-1-3-7-25/h1-9,18,20H,10-17,19,21-23H2. The molecule has 2 aliphatic rings. The molecule has 0 saturated carbocycles. The molecule has 2 aliphatic heterocycles. The molecular weight excluding hydrogens is 527 g/mol. The minimum absolute atomic E-state index is 0.148. The summed E-state index contributed by atoms with van der Waals surface area (Å²) in [6.45, 7) is 6.91. The van der Waals surface area contributed by atoms with Crippen LogP contribution in [0.2, 0.25) is 5.02 Å². The Morgan fingerprint density at radius 1 is 0.769 bits per heavy atom. The Kier molecular flexibility index (Phi) is 9.02. The summed E-state index contributed by atoms with van der Waals surface area (Å²) in [5, 5.41) is 0.734. The second-order valence-corrected chi connectivity index (χ2v) is 10.6. The average molecular weight is 562 g/mol. The molecule has 5 rings (SSSR count). The van der Waals surface area contributed by atoms with Crippen molar-refractivity contribution in [2.24, 2.45) is 0 Å². The summed E-state index contributed by atoms with van der Waals surface area (Å²) >= 11 is 6.35. The number of hydrogen-bond donors (Lipinski definition) is 0. The highest BCUT2D eigenvalue weighted by molar-refractivity contribution is 6.33. The molecule has 210 valence electrons. The lowest BCUT2D eigenvalue weighted by Crippen LogP contribution is -2.47. The van der Waals surface area contributed by atoms with Crippen molar-refractivity contribution in [3.63, 3.8) is 0 Å². The van der Waals surface area contributed by atoms with Gasteiger partial charge in [-0.15, -0.1) is 0 Å². The lowest BCUT2D eigenvalue weighted by Gasteiger charge is -2.36. The summed E-state index contributed by atoms with van der Waals surface area (Å²) in [7, 11) is 0. The van der Waals surface area contributed by atoms with Crippen LogP contribution in [0.4, 0.5) is 24.5 Å². The maximum Gasteiger partial charge on any atom is 0.406 e. The third-order valence-electron chi connectivity index (χ3n) is 7.38. The van der Waals surface area contributed by atoms with Gasteiger partial charge in [-0.3, -0.25) is 9.80 Å². The topological polar surface area (TPSA) is 27.1 Å². The fraction of sp³-hybridized carbons (Fsp3) is 0.448. The number of aromatic nitrogens is 1. The molecular formula is C29H35ClF3N5O. The minimum atomic E-state index is -4.29. The van der Waals surface area contributed by atoms with Gasteiger partial charge in [-0.2, -0.15) is 13.2 Å². The van der Waals surface area contributed by atoms with Gasteiger partial charge in [-0.05, 0) is 35.9 Å². The molecule has 2 saturated heterocycles. The summed E-state index contributed by atoms with van der Waals surface area (Å²) in [6.07, 6.45) is -2.66. The fourth-order valence-corrected chi connectivity index (χ4v) is 5.59. The highest BCUT2D eigenvalue weighted by Crippen LogP contribution is 2.27. The Labute approximate surface area is 233 Å². The molecule has 0 bridgehead atoms. The third kappa shape index (κ3) is 7.69. The number of rotatable bonds is 9. The number of nitrogens with zero attached hydrogens (tertiary/aromatic N) is 5. The number of piperazine rings is 2. The molecule has 0 radical (unpaired) electrons. The Bertz CT molecular complexity index is 1190. The summed E-state index contributed by atoms with van der Waals surface area (Å²) < 4.78 is 47.2. The molecule has 2 aromatic carbocycles. The van der Waals surface area contributed by atoms with E-state index in [2.05, 4.69) is 31.7 Å². The average Bonchev–Trinajstić information content (AvgIpc) is 3.29. The van der Waals surface area contributed by atoms with Gasteiger partial charge >= 0.3 is 6.18 Å². The Morgan fingerprint density at radius 2 is 1.41 bits per heavy atom. The third-order valence-corrected chi connectivity index (χ3v) is 7.70. The highest BCUT2D eigenvalue weighted by atomic mass is 35.5. The normalized spacial score (nSPS) is 17.6. The van der Waals surface area contributed by atoms with E-state index >= 15 is 0 Å². The first-order valence-electron chi connectivity index (χ1n) is 13.4. The molecule has 3 heterocycles. The van der Waals surface area contributed by atoms with Gasteiger partial charge in [0.05, 0.1) is 24.0 Å². The first-order valence-corrected chi connectivity index (χ1v) is 13.8. The number of alkyl halides is 3. The van der Waals surface area contributed by atoms with Gasteiger partial charge in [0, 0.05) is 76.5 Å². The van der Waals surface area contributed by atoms with E-state index in [9.17, 15) is 13.2 Å². The lowest BCUT2D eigenvalue weighted by atomic mass is 10.2. The summed E-state index contributed by atoms with van der Waals surface area (Å²) in [5.41, 5.74) is 3.66. The van der Waals surface area contributed by atoms with Crippen molar-refractivity contribution in [1.29, 1.82) is 0 Å². The zero-order valence-corrected chi connectivity index (χ0v) is 22.7. The molecule has 6 nitrogen and oxygen atoms in total. The predicted molar refractivity (Wildman–Crippen MR) is 149 cm³/mol. The van der Waals surface area contributed by atoms with Crippen LogP contribution in [0.5, 0.6) is 0 Å². The van der Waals surface area contributed by atoms with E-state index in [4.69, 9.17) is 16.3 Å². The van der Waals surface area contributed by atoms with Crippen LogP contribution in [0.3, 0.4) is 0 Å². The van der Waals surface area contributed by atoms with E-state index in [0.29, 0.717) is 19.0 Å². The zero-order chi connectivity index (χ0) is 27.2. The molecule has 0 atom stereocenters. The van der Waals surface area contributed by atoms with Gasteiger partial charge in [0.2, 0.25) is 0 Å². The largest absolute Gasteiger partial charge is 0.406 e. The van der Waals surface area contributed by atoms with Crippen molar-refractivity contribution >= 4 is 23.0 Å². The summed E-state index contributed by atoms with van der Waals surface area (Å²) in [4.78, 5) is 9.07. The molecule has 39 heavy (non-hydrogen) atoms. The van der Waals surface area contributed by atoms with E-state index in [-0.39, 0.29) is 6.61 Å². The maximum atomic E-state index is 13.3. The number of ether oxygens (including phenoxy) is 1. The molecule has 1 aromatic heterocycles. The van der Waals surface area contributed by atoms with E-state index in [0.717, 1.165) is 68.6 Å². The Balaban J connectivity index is 1.13. The number of halogens is 4. The van der Waals surface area contributed by atoms with Crippen LogP contribution in [0.1, 0.15) is 11.3 Å². The van der Waals surface area contributed by atoms with Crippen LogP contribution in [0.15, 0.2) is 66.9 Å². The van der Waals surface area contributed by atoms with Crippen LogP contribution >= 0.6 is 11.6 Å². The minimum Gasteiger partial charge on any atom is -0.369 e. The Morgan fingerprint density at radius 3 is 2.10 bits per heavy atom. The summed E-state index contributed by atoms with van der Waals surface area (Å²) in [6, 6.07) is 20.0. The first-order chi connectivity index (χ1) is 18.8. The fourth-order valence-electron chi connectivity index (χ4n) is 5.34. The smallest absolute Gasteiger partial charge is 0.369 e. The molecule has 3 aromatic rings. The predicted octanol–water partition coefficient (Wildman–Crippen LogP) is 5.32. The second-order valence-electron chi connectivity index (χ2n) is 10.2. The Hall–Kier alpha value is -2.72. The van der Waals surface area contributed by atoms with E-state index in [1.54, 1.807) is 6.20 Å². The molecule has 0 unspecified atom stereocenters. The lowest BCUT2D eigenvalue weighted by molar-refractivity contribution is -0.141. The SMILES string of the molecule is FC(F)(F)Cn1cc(CN2CCN(c3ccccc3Cl)CC2)cc1COCN1CCN(c2ccccc2)CC1. The number of anilines is 2. The van der Waals surface area contributed by atoms with Gasteiger partial charge in [0.1, 0.15) is 6.54 Å². The van der Waals surface area contributed by atoms with Crippen LogP contribution in [0, 0.1) is 0 Å². The van der Waals surface area contributed by atoms with Crippen LogP contribution in [-0.2, 0) is 24.4 Å². The van der Waals surface area contributed by atoms with Gasteiger partial charge in [0.15, 0.2) is 0 Å². The molecule has 0 N–H and O–H groups in total. The molecule has 2 fully saturated rings. The van der Waals surface area contributed by atoms with Crippen molar-refractivity contribution in [2.75, 3.05) is 68.9 Å². The number of benzene rings is 2. The number of hydrogen-bond acceptors (Lipinski definition) is 5. The van der Waals surface area contributed by atoms with Gasteiger partial charge < -0.3 is 19.1 Å².